The molecule has 1 aromatic rings. The molecule has 1 aromatic carbocycles. The molecule has 138 valence electrons. The molecule has 1 amide bonds. The van der Waals surface area contributed by atoms with Gasteiger partial charge in [-0.15, -0.1) is 0 Å². The quantitative estimate of drug-likeness (QED) is 0.815. The van der Waals surface area contributed by atoms with Crippen LogP contribution in [-0.2, 0) is 16.0 Å². The summed E-state index contributed by atoms with van der Waals surface area (Å²) in [6.45, 7) is 3.52. The van der Waals surface area contributed by atoms with E-state index in [4.69, 9.17) is 14.2 Å². The summed E-state index contributed by atoms with van der Waals surface area (Å²) in [6.07, 6.45) is 3.17. The first-order valence-electron chi connectivity index (χ1n) is 8.94. The van der Waals surface area contributed by atoms with Crippen LogP contribution >= 0.6 is 0 Å². The van der Waals surface area contributed by atoms with Gasteiger partial charge in [0.1, 0.15) is 0 Å². The molecule has 1 saturated heterocycles. The van der Waals surface area contributed by atoms with E-state index in [2.05, 4.69) is 24.3 Å². The Labute approximate surface area is 149 Å². The minimum atomic E-state index is 0.0993. The van der Waals surface area contributed by atoms with Crippen LogP contribution in [0.2, 0.25) is 0 Å². The summed E-state index contributed by atoms with van der Waals surface area (Å²) in [5.74, 6) is 1.64. The Hall–Kier alpha value is -1.79. The van der Waals surface area contributed by atoms with E-state index in [9.17, 15) is 4.79 Å². The molecule has 6 heteroatoms. The van der Waals surface area contributed by atoms with Gasteiger partial charge in [-0.1, -0.05) is 6.07 Å². The third kappa shape index (κ3) is 4.86. The second-order valence-corrected chi connectivity index (χ2v) is 7.31. The van der Waals surface area contributed by atoms with Crippen molar-refractivity contribution in [2.75, 3.05) is 47.2 Å². The third-order valence-corrected chi connectivity index (χ3v) is 4.94. The predicted octanol–water partition coefficient (Wildman–Crippen LogP) is 1.82. The molecule has 3 rings (SSSR count). The van der Waals surface area contributed by atoms with Gasteiger partial charge in [0.15, 0.2) is 11.5 Å². The third-order valence-electron chi connectivity index (χ3n) is 4.94. The number of aryl methyl sites for hydroxylation is 1. The zero-order valence-corrected chi connectivity index (χ0v) is 15.2. The Bertz CT molecular complexity index is 597. The zero-order valence-electron chi connectivity index (χ0n) is 15.2. The van der Waals surface area contributed by atoms with E-state index in [1.165, 1.54) is 0 Å². The van der Waals surface area contributed by atoms with Crippen LogP contribution < -0.4 is 14.8 Å². The van der Waals surface area contributed by atoms with Crippen molar-refractivity contribution >= 4 is 5.91 Å². The van der Waals surface area contributed by atoms with E-state index in [0.717, 1.165) is 49.7 Å². The predicted molar refractivity (Wildman–Crippen MR) is 94.9 cm³/mol. The summed E-state index contributed by atoms with van der Waals surface area (Å²) >= 11 is 0. The molecule has 1 N–H and O–H groups in total. The lowest BCUT2D eigenvalue weighted by Crippen LogP contribution is -2.47. The van der Waals surface area contributed by atoms with E-state index in [0.29, 0.717) is 19.4 Å². The topological polar surface area (TPSA) is 60.0 Å². The molecule has 6 nitrogen and oxygen atoms in total. The first kappa shape index (κ1) is 18.0. The van der Waals surface area contributed by atoms with Crippen molar-refractivity contribution in [2.24, 2.45) is 5.41 Å². The number of nitrogens with zero attached hydrogens (tertiary/aromatic N) is 1. The van der Waals surface area contributed by atoms with Crippen molar-refractivity contribution < 1.29 is 19.0 Å². The minimum Gasteiger partial charge on any atom is -0.454 e. The highest BCUT2D eigenvalue weighted by Crippen LogP contribution is 2.33. The van der Waals surface area contributed by atoms with E-state index >= 15 is 0 Å². The van der Waals surface area contributed by atoms with Crippen molar-refractivity contribution in [3.63, 3.8) is 0 Å². The second kappa shape index (κ2) is 8.06. The van der Waals surface area contributed by atoms with Crippen molar-refractivity contribution in [2.45, 2.75) is 25.7 Å². The van der Waals surface area contributed by atoms with Crippen LogP contribution in [0.4, 0.5) is 0 Å². The van der Waals surface area contributed by atoms with Crippen molar-refractivity contribution in [3.05, 3.63) is 23.8 Å². The summed E-state index contributed by atoms with van der Waals surface area (Å²) in [6, 6.07) is 5.86. The highest BCUT2D eigenvalue weighted by Gasteiger charge is 2.33. The maximum atomic E-state index is 12.3. The summed E-state index contributed by atoms with van der Waals surface area (Å²) < 4.78 is 16.2. The van der Waals surface area contributed by atoms with Crippen molar-refractivity contribution in [1.29, 1.82) is 0 Å². The average molecular weight is 348 g/mol. The molecule has 0 saturated carbocycles. The van der Waals surface area contributed by atoms with Crippen LogP contribution in [0.3, 0.4) is 0 Å². The first-order chi connectivity index (χ1) is 12.1. The van der Waals surface area contributed by atoms with Gasteiger partial charge < -0.3 is 24.4 Å². The Kier molecular flexibility index (Phi) is 5.81. The number of rotatable bonds is 7. The van der Waals surface area contributed by atoms with Crippen LogP contribution in [0, 0.1) is 5.41 Å². The number of ether oxygens (including phenoxy) is 3. The number of benzene rings is 1. The maximum Gasteiger partial charge on any atom is 0.231 e. The van der Waals surface area contributed by atoms with Gasteiger partial charge >= 0.3 is 0 Å². The maximum absolute atomic E-state index is 12.3. The molecule has 2 aliphatic rings. The van der Waals surface area contributed by atoms with Gasteiger partial charge in [0.2, 0.25) is 12.7 Å². The molecule has 0 radical (unpaired) electrons. The average Bonchev–Trinajstić information content (AvgIpc) is 3.06. The number of amides is 1. The van der Waals surface area contributed by atoms with Crippen LogP contribution in [0.15, 0.2) is 18.2 Å². The lowest BCUT2D eigenvalue weighted by Gasteiger charge is -2.39. The van der Waals surface area contributed by atoms with Gasteiger partial charge in [-0.2, -0.15) is 0 Å². The molecular weight excluding hydrogens is 320 g/mol. The Morgan fingerprint density at radius 2 is 1.96 bits per heavy atom. The number of carbonyl (C=O) groups excluding carboxylic acids is 1. The molecule has 1 fully saturated rings. The summed E-state index contributed by atoms with van der Waals surface area (Å²) in [5, 5.41) is 3.14. The number of hydrogen-bond acceptors (Lipinski definition) is 5. The fourth-order valence-electron chi connectivity index (χ4n) is 3.59. The molecule has 0 atom stereocenters. The van der Waals surface area contributed by atoms with Crippen LogP contribution in [0.5, 0.6) is 11.5 Å². The number of hydrogen-bond donors (Lipinski definition) is 1. The fourth-order valence-corrected chi connectivity index (χ4v) is 3.59. The van der Waals surface area contributed by atoms with Crippen LogP contribution in [-0.4, -0.2) is 58.0 Å². The van der Waals surface area contributed by atoms with Gasteiger partial charge in [-0.05, 0) is 51.1 Å². The summed E-state index contributed by atoms with van der Waals surface area (Å²) in [5.41, 5.74) is 1.21. The highest BCUT2D eigenvalue weighted by molar-refractivity contribution is 5.76. The molecule has 2 heterocycles. The van der Waals surface area contributed by atoms with Gasteiger partial charge in [-0.3, -0.25) is 4.79 Å². The van der Waals surface area contributed by atoms with E-state index in [1.54, 1.807) is 0 Å². The summed E-state index contributed by atoms with van der Waals surface area (Å²) in [4.78, 5) is 14.5. The minimum absolute atomic E-state index is 0.0993. The van der Waals surface area contributed by atoms with E-state index in [1.807, 2.05) is 18.2 Å². The zero-order chi connectivity index (χ0) is 17.7. The van der Waals surface area contributed by atoms with Crippen molar-refractivity contribution in [3.8, 4) is 11.5 Å². The number of carbonyl (C=O) groups is 1. The largest absolute Gasteiger partial charge is 0.454 e. The lowest BCUT2D eigenvalue weighted by atomic mass is 9.79. The van der Waals surface area contributed by atoms with Crippen LogP contribution in [0.1, 0.15) is 24.8 Å². The molecule has 2 aliphatic heterocycles. The van der Waals surface area contributed by atoms with Gasteiger partial charge in [0, 0.05) is 38.1 Å². The van der Waals surface area contributed by atoms with E-state index in [-0.39, 0.29) is 18.1 Å². The Morgan fingerprint density at radius 3 is 2.72 bits per heavy atom. The molecule has 0 unspecified atom stereocenters. The SMILES string of the molecule is CN(C)CC1(CNC(=O)CCc2ccc3c(c2)OCO3)CCOCC1. The van der Waals surface area contributed by atoms with Crippen molar-refractivity contribution in [1.82, 2.24) is 10.2 Å². The normalized spacial score (nSPS) is 18.4. The number of nitrogens with one attached hydrogen (secondary N) is 1. The first-order valence-corrected chi connectivity index (χ1v) is 8.94. The Balaban J connectivity index is 1.48. The lowest BCUT2D eigenvalue weighted by molar-refractivity contribution is -0.122. The van der Waals surface area contributed by atoms with Crippen LogP contribution in [0.25, 0.3) is 0 Å². The van der Waals surface area contributed by atoms with E-state index < -0.39 is 0 Å². The monoisotopic (exact) mass is 348 g/mol. The molecule has 0 spiro atoms. The molecule has 0 aromatic heterocycles. The van der Waals surface area contributed by atoms with Gasteiger partial charge in [-0.25, -0.2) is 0 Å². The Morgan fingerprint density at radius 1 is 1.20 bits per heavy atom. The summed E-state index contributed by atoms with van der Waals surface area (Å²) in [7, 11) is 4.16. The van der Waals surface area contributed by atoms with Gasteiger partial charge in [0.05, 0.1) is 0 Å². The molecular formula is C19H28N2O4. The standard InChI is InChI=1S/C19H28N2O4/c1-21(2)13-19(7-9-23-10-8-19)12-20-18(22)6-4-15-3-5-16-17(11-15)25-14-24-16/h3,5,11H,4,6-10,12-14H2,1-2H3,(H,20,22). The smallest absolute Gasteiger partial charge is 0.231 e. The van der Waals surface area contributed by atoms with Gasteiger partial charge in [0.25, 0.3) is 0 Å². The molecule has 25 heavy (non-hydrogen) atoms. The highest BCUT2D eigenvalue weighted by atomic mass is 16.7. The molecule has 0 aliphatic carbocycles. The molecule has 0 bridgehead atoms. The fraction of sp³-hybridized carbons (Fsp3) is 0.632. The number of fused-ring (bicyclic) bond motifs is 1. The second-order valence-electron chi connectivity index (χ2n) is 7.31.